The molecule has 27 heavy (non-hydrogen) atoms. The number of aliphatic hydroxyl groups is 1. The van der Waals surface area contributed by atoms with Crippen LogP contribution in [-0.2, 0) is 9.59 Å². The molecule has 1 amide bonds. The van der Waals surface area contributed by atoms with Crippen LogP contribution in [0.1, 0.15) is 36.9 Å². The first kappa shape index (κ1) is 19.0. The summed E-state index contributed by atoms with van der Waals surface area (Å²) in [6.07, 6.45) is 2.00. The van der Waals surface area contributed by atoms with Gasteiger partial charge < -0.3 is 15.2 Å². The lowest BCUT2D eigenvalue weighted by Gasteiger charge is -2.14. The number of carbonyl (C=O) groups is 2. The lowest BCUT2D eigenvalue weighted by Crippen LogP contribution is -2.21. The molecule has 1 unspecified atom stereocenters. The van der Waals surface area contributed by atoms with Crippen molar-refractivity contribution < 1.29 is 19.4 Å². The molecule has 1 aliphatic heterocycles. The van der Waals surface area contributed by atoms with Crippen LogP contribution in [0.2, 0.25) is 5.02 Å². The molecule has 0 aliphatic carbocycles. The lowest BCUT2D eigenvalue weighted by atomic mass is 9.96. The highest BCUT2D eigenvalue weighted by atomic mass is 35.5. The Hall–Kier alpha value is -2.79. The monoisotopic (exact) mass is 385 g/mol. The molecule has 2 N–H and O–H groups in total. The van der Waals surface area contributed by atoms with Crippen LogP contribution in [0.3, 0.4) is 0 Å². The van der Waals surface area contributed by atoms with E-state index in [4.69, 9.17) is 16.3 Å². The maximum Gasteiger partial charge on any atom is 0.293 e. The summed E-state index contributed by atoms with van der Waals surface area (Å²) in [5, 5.41) is 13.9. The van der Waals surface area contributed by atoms with Crippen LogP contribution in [0.15, 0.2) is 54.1 Å². The number of hydrogen-bond donors (Lipinski definition) is 2. The lowest BCUT2D eigenvalue weighted by molar-refractivity contribution is -0.133. The van der Waals surface area contributed by atoms with Gasteiger partial charge in [-0.2, -0.15) is 0 Å². The van der Waals surface area contributed by atoms with Crippen molar-refractivity contribution in [2.75, 3.05) is 6.61 Å². The second-order valence-electron chi connectivity index (χ2n) is 6.28. The van der Waals surface area contributed by atoms with Gasteiger partial charge in [0.05, 0.1) is 18.2 Å². The standard InChI is InChI=1S/C21H20ClNO4/c1-2-3-12-27-16-10-6-14(7-11-16)19(24)17-18(23-21(26)20(17)25)13-4-8-15(22)9-5-13/h4-11,18,24H,2-3,12H2,1H3,(H,23,26)/b19-17-. The molecule has 6 heteroatoms. The Balaban J connectivity index is 1.91. The molecule has 0 bridgehead atoms. The Morgan fingerprint density at radius 1 is 1.11 bits per heavy atom. The van der Waals surface area contributed by atoms with E-state index in [-0.39, 0.29) is 11.3 Å². The van der Waals surface area contributed by atoms with Crippen LogP contribution in [0.4, 0.5) is 0 Å². The number of carbonyl (C=O) groups excluding carboxylic acids is 2. The largest absolute Gasteiger partial charge is 0.507 e. The zero-order chi connectivity index (χ0) is 19.4. The topological polar surface area (TPSA) is 75.6 Å². The van der Waals surface area contributed by atoms with Gasteiger partial charge in [0.25, 0.3) is 11.7 Å². The number of amides is 1. The van der Waals surface area contributed by atoms with Crippen molar-refractivity contribution in [1.29, 1.82) is 0 Å². The Kier molecular flexibility index (Phi) is 5.81. The molecule has 0 radical (unpaired) electrons. The molecule has 2 aromatic rings. The molecular formula is C21H20ClNO4. The van der Waals surface area contributed by atoms with Gasteiger partial charge in [0, 0.05) is 10.6 Å². The van der Waals surface area contributed by atoms with E-state index in [9.17, 15) is 14.7 Å². The summed E-state index contributed by atoms with van der Waals surface area (Å²) in [5.41, 5.74) is 1.14. The highest BCUT2D eigenvalue weighted by Gasteiger charge is 2.39. The van der Waals surface area contributed by atoms with Crippen molar-refractivity contribution in [2.24, 2.45) is 0 Å². The third kappa shape index (κ3) is 4.14. The molecule has 1 aliphatic rings. The van der Waals surface area contributed by atoms with Gasteiger partial charge in [0.15, 0.2) is 0 Å². The SMILES string of the molecule is CCCCOc1ccc(/C(O)=C2/C(=O)C(=O)NC2c2ccc(Cl)cc2)cc1. The highest BCUT2D eigenvalue weighted by molar-refractivity contribution is 6.46. The smallest absolute Gasteiger partial charge is 0.293 e. The fraction of sp³-hybridized carbons (Fsp3) is 0.238. The van der Waals surface area contributed by atoms with Crippen molar-refractivity contribution in [1.82, 2.24) is 5.32 Å². The van der Waals surface area contributed by atoms with E-state index in [0.717, 1.165) is 12.8 Å². The first-order chi connectivity index (χ1) is 13.0. The second kappa shape index (κ2) is 8.27. The summed E-state index contributed by atoms with van der Waals surface area (Å²) in [4.78, 5) is 24.3. The number of benzene rings is 2. The average molecular weight is 386 g/mol. The Morgan fingerprint density at radius 3 is 2.41 bits per heavy atom. The van der Waals surface area contributed by atoms with Gasteiger partial charge in [-0.25, -0.2) is 0 Å². The number of halogens is 1. The van der Waals surface area contributed by atoms with Gasteiger partial charge in [-0.05, 0) is 48.4 Å². The number of Topliss-reactive ketones (excluding diaryl/α,β-unsaturated/α-hetero) is 1. The number of rotatable bonds is 6. The molecule has 0 aromatic heterocycles. The van der Waals surface area contributed by atoms with Crippen LogP contribution in [0.25, 0.3) is 5.76 Å². The first-order valence-electron chi connectivity index (χ1n) is 8.78. The highest BCUT2D eigenvalue weighted by Crippen LogP contribution is 2.33. The Labute approximate surface area is 162 Å². The summed E-state index contributed by atoms with van der Waals surface area (Å²) in [6.45, 7) is 2.71. The van der Waals surface area contributed by atoms with E-state index in [2.05, 4.69) is 12.2 Å². The molecule has 5 nitrogen and oxygen atoms in total. The fourth-order valence-corrected chi connectivity index (χ4v) is 3.00. The minimum absolute atomic E-state index is 0.0296. The van der Waals surface area contributed by atoms with Crippen LogP contribution in [0, 0.1) is 0 Å². The normalized spacial score (nSPS) is 18.4. The molecule has 2 aromatic carbocycles. The number of hydrogen-bond acceptors (Lipinski definition) is 4. The maximum absolute atomic E-state index is 12.3. The zero-order valence-corrected chi connectivity index (χ0v) is 15.6. The van der Waals surface area contributed by atoms with Gasteiger partial charge in [0.2, 0.25) is 0 Å². The summed E-state index contributed by atoms with van der Waals surface area (Å²) in [7, 11) is 0. The Bertz CT molecular complexity index is 872. The minimum atomic E-state index is -0.740. The zero-order valence-electron chi connectivity index (χ0n) is 14.9. The van der Waals surface area contributed by atoms with Gasteiger partial charge in [0.1, 0.15) is 11.5 Å². The van der Waals surface area contributed by atoms with E-state index >= 15 is 0 Å². The average Bonchev–Trinajstić information content (AvgIpc) is 2.97. The van der Waals surface area contributed by atoms with Crippen LogP contribution in [-0.4, -0.2) is 23.4 Å². The predicted molar refractivity (Wildman–Crippen MR) is 104 cm³/mol. The van der Waals surface area contributed by atoms with Gasteiger partial charge >= 0.3 is 0 Å². The van der Waals surface area contributed by atoms with Crippen molar-refractivity contribution in [3.05, 3.63) is 70.3 Å². The molecule has 1 saturated heterocycles. The van der Waals surface area contributed by atoms with E-state index in [0.29, 0.717) is 28.5 Å². The third-order valence-electron chi connectivity index (χ3n) is 4.37. The van der Waals surface area contributed by atoms with Crippen molar-refractivity contribution in [3.8, 4) is 5.75 Å². The number of ether oxygens (including phenoxy) is 1. The van der Waals surface area contributed by atoms with Crippen LogP contribution in [0.5, 0.6) is 5.75 Å². The third-order valence-corrected chi connectivity index (χ3v) is 4.62. The van der Waals surface area contributed by atoms with E-state index in [1.165, 1.54) is 0 Å². The number of ketones is 1. The summed E-state index contributed by atoms with van der Waals surface area (Å²) >= 11 is 5.90. The minimum Gasteiger partial charge on any atom is -0.507 e. The van der Waals surface area contributed by atoms with Crippen molar-refractivity contribution in [3.63, 3.8) is 0 Å². The molecule has 0 spiro atoms. The van der Waals surface area contributed by atoms with E-state index in [1.54, 1.807) is 48.5 Å². The molecule has 140 valence electrons. The molecule has 1 fully saturated rings. The quantitative estimate of drug-likeness (QED) is 0.338. The maximum atomic E-state index is 12.3. The summed E-state index contributed by atoms with van der Waals surface area (Å²) in [5.74, 6) is -1.02. The van der Waals surface area contributed by atoms with Gasteiger partial charge in [-0.3, -0.25) is 9.59 Å². The second-order valence-corrected chi connectivity index (χ2v) is 6.71. The van der Waals surface area contributed by atoms with Gasteiger partial charge in [-0.1, -0.05) is 37.1 Å². The molecule has 0 saturated carbocycles. The Morgan fingerprint density at radius 2 is 1.78 bits per heavy atom. The molecule has 1 heterocycles. The van der Waals surface area contributed by atoms with Gasteiger partial charge in [-0.15, -0.1) is 0 Å². The fourth-order valence-electron chi connectivity index (χ4n) is 2.87. The molecule has 1 atom stereocenters. The summed E-state index contributed by atoms with van der Waals surface area (Å²) < 4.78 is 5.60. The predicted octanol–water partition coefficient (Wildman–Crippen LogP) is 4.23. The van der Waals surface area contributed by atoms with E-state index < -0.39 is 17.7 Å². The molecule has 3 rings (SSSR count). The van der Waals surface area contributed by atoms with Crippen molar-refractivity contribution in [2.45, 2.75) is 25.8 Å². The van der Waals surface area contributed by atoms with Crippen LogP contribution >= 0.6 is 11.6 Å². The number of unbranched alkanes of at least 4 members (excludes halogenated alkanes) is 1. The number of aliphatic hydroxyl groups excluding tert-OH is 1. The first-order valence-corrected chi connectivity index (χ1v) is 9.16. The van der Waals surface area contributed by atoms with Crippen LogP contribution < -0.4 is 10.1 Å². The number of nitrogens with one attached hydrogen (secondary N) is 1. The molecular weight excluding hydrogens is 366 g/mol. The van der Waals surface area contributed by atoms with Crippen molar-refractivity contribution >= 4 is 29.1 Å². The van der Waals surface area contributed by atoms with E-state index in [1.807, 2.05) is 0 Å². The summed E-state index contributed by atoms with van der Waals surface area (Å²) in [6, 6.07) is 12.8.